The van der Waals surface area contributed by atoms with Crippen molar-refractivity contribution in [2.24, 2.45) is 17.6 Å². The summed E-state index contributed by atoms with van der Waals surface area (Å²) in [6.07, 6.45) is 4.41. The molecule has 0 saturated heterocycles. The SMILES string of the molecule is CC(C)[C@@H]1CCC[C@H](N)c2cc(ccn2)-c2ccccc2NC1=O. The molecule has 0 unspecified atom stereocenters. The number of nitrogens with one attached hydrogen (secondary N) is 1. The molecular formula is C20H25N3O. The van der Waals surface area contributed by atoms with Gasteiger partial charge in [-0.25, -0.2) is 0 Å². The van der Waals surface area contributed by atoms with Crippen molar-refractivity contribution in [2.75, 3.05) is 5.32 Å². The molecule has 2 heterocycles. The van der Waals surface area contributed by atoms with E-state index in [1.165, 1.54) is 0 Å². The van der Waals surface area contributed by atoms with Gasteiger partial charge in [0.2, 0.25) is 5.91 Å². The molecule has 24 heavy (non-hydrogen) atoms. The molecule has 1 aromatic heterocycles. The van der Waals surface area contributed by atoms with Gasteiger partial charge in [-0.1, -0.05) is 38.5 Å². The Hall–Kier alpha value is -2.20. The Morgan fingerprint density at radius 1 is 1.21 bits per heavy atom. The molecular weight excluding hydrogens is 298 g/mol. The van der Waals surface area contributed by atoms with Crippen molar-refractivity contribution in [3.63, 3.8) is 0 Å². The standard InChI is InChI=1S/C20H25N3O/c1-13(2)15-7-5-8-17(21)19-12-14(10-11-22-19)16-6-3-4-9-18(16)23-20(15)24/h3-4,6,9-13,15,17H,5,7-8,21H2,1-2H3,(H,23,24)/t15-,17-/m0/s1. The first-order chi connectivity index (χ1) is 11.6. The number of benzene rings is 1. The van der Waals surface area contributed by atoms with Crippen molar-refractivity contribution < 1.29 is 4.79 Å². The summed E-state index contributed by atoms with van der Waals surface area (Å²) in [6, 6.07) is 11.8. The number of anilines is 1. The van der Waals surface area contributed by atoms with Crippen molar-refractivity contribution in [1.82, 2.24) is 4.98 Å². The lowest BCUT2D eigenvalue weighted by molar-refractivity contribution is -0.121. The molecule has 1 aromatic carbocycles. The number of aromatic nitrogens is 1. The number of fused-ring (bicyclic) bond motifs is 4. The Kier molecular flexibility index (Phi) is 4.95. The van der Waals surface area contributed by atoms with Gasteiger partial charge in [-0.05, 0) is 42.5 Å². The molecule has 0 fully saturated rings. The predicted octanol–water partition coefficient (Wildman–Crippen LogP) is 4.14. The molecule has 2 atom stereocenters. The average molecular weight is 323 g/mol. The quantitative estimate of drug-likeness (QED) is 0.828. The van der Waals surface area contributed by atoms with E-state index in [1.54, 1.807) is 6.20 Å². The van der Waals surface area contributed by atoms with Crippen LogP contribution in [0.15, 0.2) is 42.6 Å². The fourth-order valence-corrected chi connectivity index (χ4v) is 3.36. The molecule has 0 radical (unpaired) electrons. The van der Waals surface area contributed by atoms with E-state index < -0.39 is 0 Å². The van der Waals surface area contributed by atoms with Crippen molar-refractivity contribution in [3.05, 3.63) is 48.3 Å². The highest BCUT2D eigenvalue weighted by Gasteiger charge is 2.24. The van der Waals surface area contributed by atoms with E-state index in [4.69, 9.17) is 5.73 Å². The number of nitrogens with zero attached hydrogens (tertiary/aromatic N) is 1. The van der Waals surface area contributed by atoms with Gasteiger partial charge in [0.1, 0.15) is 0 Å². The topological polar surface area (TPSA) is 68.0 Å². The van der Waals surface area contributed by atoms with Gasteiger partial charge in [0, 0.05) is 29.4 Å². The van der Waals surface area contributed by atoms with E-state index in [-0.39, 0.29) is 17.9 Å². The van der Waals surface area contributed by atoms with Crippen LogP contribution in [-0.4, -0.2) is 10.9 Å². The first-order valence-electron chi connectivity index (χ1n) is 8.68. The molecule has 1 aliphatic rings. The minimum Gasteiger partial charge on any atom is -0.325 e. The Balaban J connectivity index is 2.07. The third-order valence-corrected chi connectivity index (χ3v) is 4.83. The van der Waals surface area contributed by atoms with E-state index in [9.17, 15) is 4.79 Å². The number of carbonyl (C=O) groups is 1. The zero-order valence-electron chi connectivity index (χ0n) is 14.3. The second-order valence-corrected chi connectivity index (χ2v) is 6.89. The summed E-state index contributed by atoms with van der Waals surface area (Å²) in [5.74, 6) is 0.393. The van der Waals surface area contributed by atoms with Crippen LogP contribution in [0.5, 0.6) is 0 Å². The van der Waals surface area contributed by atoms with Gasteiger partial charge in [0.15, 0.2) is 0 Å². The third-order valence-electron chi connectivity index (χ3n) is 4.83. The summed E-state index contributed by atoms with van der Waals surface area (Å²) >= 11 is 0. The summed E-state index contributed by atoms with van der Waals surface area (Å²) in [5, 5.41) is 3.14. The molecule has 4 heteroatoms. The average Bonchev–Trinajstić information content (AvgIpc) is 2.58. The Morgan fingerprint density at radius 3 is 2.79 bits per heavy atom. The van der Waals surface area contributed by atoms with Crippen molar-refractivity contribution in [3.8, 4) is 11.1 Å². The Bertz CT molecular complexity index is 726. The van der Waals surface area contributed by atoms with Gasteiger partial charge >= 0.3 is 0 Å². The first kappa shape index (κ1) is 16.7. The molecule has 1 aliphatic heterocycles. The van der Waals surface area contributed by atoms with E-state index in [1.807, 2.05) is 36.4 Å². The van der Waals surface area contributed by atoms with Crippen LogP contribution < -0.4 is 11.1 Å². The third kappa shape index (κ3) is 3.49. The summed E-state index contributed by atoms with van der Waals surface area (Å²) in [5.41, 5.74) is 10.1. The highest BCUT2D eigenvalue weighted by atomic mass is 16.1. The number of pyridine rings is 1. The minimum atomic E-state index is -0.0904. The molecule has 2 aromatic rings. The first-order valence-corrected chi connectivity index (χ1v) is 8.68. The maximum atomic E-state index is 12.8. The number of hydrogen-bond donors (Lipinski definition) is 2. The largest absolute Gasteiger partial charge is 0.325 e. The van der Waals surface area contributed by atoms with Gasteiger partial charge in [0.25, 0.3) is 0 Å². The van der Waals surface area contributed by atoms with Crippen LogP contribution >= 0.6 is 0 Å². The number of para-hydroxylation sites is 1. The number of carbonyl (C=O) groups excluding carboxylic acids is 1. The molecule has 3 rings (SSSR count). The number of rotatable bonds is 1. The lowest BCUT2D eigenvalue weighted by Gasteiger charge is -2.23. The number of nitrogens with two attached hydrogens (primary N) is 1. The van der Waals surface area contributed by atoms with Crippen LogP contribution in [0.4, 0.5) is 5.69 Å². The maximum Gasteiger partial charge on any atom is 0.227 e. The minimum absolute atomic E-state index is 0.00372. The molecule has 0 spiro atoms. The van der Waals surface area contributed by atoms with Crippen molar-refractivity contribution in [2.45, 2.75) is 39.2 Å². The van der Waals surface area contributed by atoms with Gasteiger partial charge < -0.3 is 11.1 Å². The van der Waals surface area contributed by atoms with Crippen LogP contribution in [-0.2, 0) is 4.79 Å². The summed E-state index contributed by atoms with van der Waals surface area (Å²) in [7, 11) is 0. The molecule has 3 N–H and O–H groups in total. The summed E-state index contributed by atoms with van der Waals surface area (Å²) in [6.45, 7) is 4.21. The van der Waals surface area contributed by atoms with Crippen molar-refractivity contribution >= 4 is 11.6 Å². The lowest BCUT2D eigenvalue weighted by Crippen LogP contribution is -2.27. The summed E-state index contributed by atoms with van der Waals surface area (Å²) in [4.78, 5) is 17.2. The smallest absolute Gasteiger partial charge is 0.227 e. The van der Waals surface area contributed by atoms with Crippen molar-refractivity contribution in [1.29, 1.82) is 0 Å². The molecule has 126 valence electrons. The highest BCUT2D eigenvalue weighted by Crippen LogP contribution is 2.32. The Morgan fingerprint density at radius 2 is 2.00 bits per heavy atom. The number of amides is 1. The maximum absolute atomic E-state index is 12.8. The molecule has 1 amide bonds. The second kappa shape index (κ2) is 7.14. The Labute approximate surface area is 143 Å². The predicted molar refractivity (Wildman–Crippen MR) is 97.4 cm³/mol. The molecule has 4 nitrogen and oxygen atoms in total. The highest BCUT2D eigenvalue weighted by molar-refractivity contribution is 5.96. The number of hydrogen-bond acceptors (Lipinski definition) is 3. The van der Waals surface area contributed by atoms with Crippen LogP contribution in [0.25, 0.3) is 11.1 Å². The molecule has 2 bridgehead atoms. The normalized spacial score (nSPS) is 21.4. The summed E-state index contributed by atoms with van der Waals surface area (Å²) < 4.78 is 0. The lowest BCUT2D eigenvalue weighted by atomic mass is 9.88. The van der Waals surface area contributed by atoms with Crippen LogP contribution in [0, 0.1) is 11.8 Å². The van der Waals surface area contributed by atoms with E-state index >= 15 is 0 Å². The van der Waals surface area contributed by atoms with E-state index in [0.29, 0.717) is 5.92 Å². The van der Waals surface area contributed by atoms with Gasteiger partial charge in [-0.2, -0.15) is 0 Å². The van der Waals surface area contributed by atoms with Gasteiger partial charge in [-0.15, -0.1) is 0 Å². The van der Waals surface area contributed by atoms with Crippen LogP contribution in [0.2, 0.25) is 0 Å². The van der Waals surface area contributed by atoms with E-state index in [2.05, 4.69) is 24.1 Å². The monoisotopic (exact) mass is 323 g/mol. The molecule has 0 saturated carbocycles. The zero-order valence-corrected chi connectivity index (χ0v) is 14.3. The van der Waals surface area contributed by atoms with E-state index in [0.717, 1.165) is 41.8 Å². The zero-order chi connectivity index (χ0) is 17.1. The fourth-order valence-electron chi connectivity index (χ4n) is 3.36. The second-order valence-electron chi connectivity index (χ2n) is 6.89. The van der Waals surface area contributed by atoms with Crippen LogP contribution in [0.3, 0.4) is 0 Å². The van der Waals surface area contributed by atoms with Gasteiger partial charge in [-0.3, -0.25) is 9.78 Å². The van der Waals surface area contributed by atoms with Crippen LogP contribution in [0.1, 0.15) is 44.8 Å². The van der Waals surface area contributed by atoms with Gasteiger partial charge in [0.05, 0.1) is 5.69 Å². The fraction of sp³-hybridized carbons (Fsp3) is 0.400. The molecule has 0 aliphatic carbocycles.